The molecular formula is C25H31F2N3O3. The lowest BCUT2D eigenvalue weighted by molar-refractivity contribution is 0.0252. The molecule has 0 fully saturated rings. The minimum absolute atomic E-state index is 0.0933. The molecule has 0 amide bonds. The van der Waals surface area contributed by atoms with Gasteiger partial charge in [-0.15, -0.1) is 0 Å². The van der Waals surface area contributed by atoms with Gasteiger partial charge in [0.25, 0.3) is 0 Å². The number of methoxy groups -OCH3 is 1. The third kappa shape index (κ3) is 6.16. The molecule has 0 aliphatic carbocycles. The van der Waals surface area contributed by atoms with E-state index >= 15 is 0 Å². The molecule has 2 atom stereocenters. The maximum Gasteiger partial charge on any atom is 0.227 e. The van der Waals surface area contributed by atoms with Crippen molar-refractivity contribution in [2.24, 2.45) is 0 Å². The van der Waals surface area contributed by atoms with Crippen molar-refractivity contribution in [1.29, 1.82) is 0 Å². The first-order chi connectivity index (χ1) is 15.8. The highest BCUT2D eigenvalue weighted by molar-refractivity contribution is 5.43. The van der Waals surface area contributed by atoms with E-state index in [2.05, 4.69) is 23.8 Å². The summed E-state index contributed by atoms with van der Waals surface area (Å²) in [5.74, 6) is -1.22. The number of hydrogen-bond acceptors (Lipinski definition) is 5. The van der Waals surface area contributed by atoms with Gasteiger partial charge in [-0.3, -0.25) is 4.90 Å². The van der Waals surface area contributed by atoms with Crippen LogP contribution in [0.2, 0.25) is 0 Å². The normalized spacial score (nSPS) is 13.3. The molecular weight excluding hydrogens is 428 g/mol. The van der Waals surface area contributed by atoms with Gasteiger partial charge < -0.3 is 14.6 Å². The molecule has 0 saturated heterocycles. The van der Waals surface area contributed by atoms with Crippen molar-refractivity contribution < 1.29 is 23.4 Å². The van der Waals surface area contributed by atoms with Crippen LogP contribution < -0.4 is 4.74 Å². The lowest BCUT2D eigenvalue weighted by Crippen LogP contribution is -2.40. The zero-order chi connectivity index (χ0) is 24.0. The summed E-state index contributed by atoms with van der Waals surface area (Å²) in [5.41, 5.74) is 2.22. The number of benzene rings is 2. The molecule has 0 radical (unpaired) electrons. The number of hydrogen-bond donors (Lipinski definition) is 1. The zero-order valence-electron chi connectivity index (χ0n) is 19.5. The summed E-state index contributed by atoms with van der Waals surface area (Å²) in [7, 11) is 1.55. The van der Waals surface area contributed by atoms with E-state index < -0.39 is 17.7 Å². The highest BCUT2D eigenvalue weighted by Crippen LogP contribution is 2.33. The average molecular weight is 460 g/mol. The second-order valence-electron chi connectivity index (χ2n) is 8.09. The standard InChI is InChI=1S/C25H31F2N3O3/c1-5-17(2)29(14-21(31)16-32-4)15-22-18(3)28-30(20-9-7-6-8-10-20)25(22)33-24-12-11-19(26)13-23(24)27/h6-13,17,21,31H,5,14-16H2,1-4H3/t17-,21-/m0/s1. The van der Waals surface area contributed by atoms with Crippen LogP contribution in [0.4, 0.5) is 8.78 Å². The molecule has 0 aliphatic rings. The molecule has 1 heterocycles. The first-order valence-electron chi connectivity index (χ1n) is 11.0. The van der Waals surface area contributed by atoms with Crippen LogP contribution in [-0.4, -0.2) is 52.2 Å². The van der Waals surface area contributed by atoms with Gasteiger partial charge in [-0.1, -0.05) is 25.1 Å². The van der Waals surface area contributed by atoms with E-state index in [9.17, 15) is 13.9 Å². The monoisotopic (exact) mass is 459 g/mol. The summed E-state index contributed by atoms with van der Waals surface area (Å²) in [6.07, 6.45) is 0.210. The Bertz CT molecular complexity index is 1040. The van der Waals surface area contributed by atoms with Gasteiger partial charge in [-0.25, -0.2) is 13.5 Å². The van der Waals surface area contributed by atoms with Gasteiger partial charge in [-0.2, -0.15) is 5.10 Å². The first kappa shape index (κ1) is 24.8. The van der Waals surface area contributed by atoms with Crippen LogP contribution in [0.1, 0.15) is 31.5 Å². The van der Waals surface area contributed by atoms with Gasteiger partial charge >= 0.3 is 0 Å². The summed E-state index contributed by atoms with van der Waals surface area (Å²) >= 11 is 0. The van der Waals surface area contributed by atoms with E-state index in [0.717, 1.165) is 29.8 Å². The van der Waals surface area contributed by atoms with Crippen LogP contribution in [0.3, 0.4) is 0 Å². The fraction of sp³-hybridized carbons (Fsp3) is 0.400. The summed E-state index contributed by atoms with van der Waals surface area (Å²) in [6, 6.07) is 12.8. The number of halogens is 2. The van der Waals surface area contributed by atoms with Crippen molar-refractivity contribution in [3.05, 3.63) is 71.4 Å². The number of nitrogens with zero attached hydrogens (tertiary/aromatic N) is 3. The largest absolute Gasteiger partial charge is 0.435 e. The van der Waals surface area contributed by atoms with Gasteiger partial charge in [0.2, 0.25) is 5.88 Å². The van der Waals surface area contributed by atoms with Crippen molar-refractivity contribution in [3.8, 4) is 17.3 Å². The molecule has 0 spiro atoms. The van der Waals surface area contributed by atoms with Crippen LogP contribution in [0, 0.1) is 18.6 Å². The Balaban J connectivity index is 2.04. The molecule has 0 unspecified atom stereocenters. The molecule has 2 aromatic carbocycles. The van der Waals surface area contributed by atoms with Gasteiger partial charge in [0, 0.05) is 32.3 Å². The van der Waals surface area contributed by atoms with Crippen molar-refractivity contribution in [3.63, 3.8) is 0 Å². The van der Waals surface area contributed by atoms with Crippen LogP contribution >= 0.6 is 0 Å². The van der Waals surface area contributed by atoms with E-state index in [-0.39, 0.29) is 18.4 Å². The maximum atomic E-state index is 14.5. The Morgan fingerprint density at radius 1 is 1.15 bits per heavy atom. The van der Waals surface area contributed by atoms with E-state index in [4.69, 9.17) is 9.47 Å². The molecule has 0 bridgehead atoms. The average Bonchev–Trinajstić information content (AvgIpc) is 3.10. The molecule has 0 saturated carbocycles. The molecule has 6 nitrogen and oxygen atoms in total. The number of aliphatic hydroxyl groups is 1. The van der Waals surface area contributed by atoms with Crippen molar-refractivity contribution in [2.75, 3.05) is 20.3 Å². The highest BCUT2D eigenvalue weighted by atomic mass is 19.1. The fourth-order valence-electron chi connectivity index (χ4n) is 3.61. The smallest absolute Gasteiger partial charge is 0.227 e. The van der Waals surface area contributed by atoms with Gasteiger partial charge in [0.05, 0.1) is 29.7 Å². The zero-order valence-corrected chi connectivity index (χ0v) is 19.5. The van der Waals surface area contributed by atoms with Crippen LogP contribution in [0.5, 0.6) is 11.6 Å². The third-order valence-corrected chi connectivity index (χ3v) is 5.62. The number of aromatic nitrogens is 2. The predicted octanol–water partition coefficient (Wildman–Crippen LogP) is 4.86. The number of rotatable bonds is 11. The SMILES string of the molecule is CC[C@H](C)N(Cc1c(C)nn(-c2ccccc2)c1Oc1ccc(F)cc1F)C[C@H](O)COC. The van der Waals surface area contributed by atoms with Gasteiger partial charge in [0.15, 0.2) is 11.6 Å². The lowest BCUT2D eigenvalue weighted by Gasteiger charge is -2.30. The quantitative estimate of drug-likeness (QED) is 0.444. The Morgan fingerprint density at radius 2 is 1.88 bits per heavy atom. The van der Waals surface area contributed by atoms with Gasteiger partial charge in [0.1, 0.15) is 5.82 Å². The second-order valence-corrected chi connectivity index (χ2v) is 8.09. The Kier molecular flexibility index (Phi) is 8.55. The molecule has 3 rings (SSSR count). The lowest BCUT2D eigenvalue weighted by atomic mass is 10.1. The third-order valence-electron chi connectivity index (χ3n) is 5.62. The molecule has 0 aliphatic heterocycles. The van der Waals surface area contributed by atoms with Crippen LogP contribution in [0.15, 0.2) is 48.5 Å². The molecule has 33 heavy (non-hydrogen) atoms. The summed E-state index contributed by atoms with van der Waals surface area (Å²) < 4.78 is 40.6. The summed E-state index contributed by atoms with van der Waals surface area (Å²) in [5, 5.41) is 15.0. The number of para-hydroxylation sites is 1. The summed E-state index contributed by atoms with van der Waals surface area (Å²) in [4.78, 5) is 2.12. The molecule has 8 heteroatoms. The maximum absolute atomic E-state index is 14.5. The molecule has 1 N–H and O–H groups in total. The van der Waals surface area contributed by atoms with Crippen molar-refractivity contribution >= 4 is 0 Å². The van der Waals surface area contributed by atoms with E-state index in [1.54, 1.807) is 11.8 Å². The number of ether oxygens (including phenoxy) is 2. The Hall–Kier alpha value is -2.81. The number of aliphatic hydroxyl groups excluding tert-OH is 1. The molecule has 1 aromatic heterocycles. The van der Waals surface area contributed by atoms with E-state index in [1.807, 2.05) is 37.3 Å². The molecule has 178 valence electrons. The first-order valence-corrected chi connectivity index (χ1v) is 11.0. The van der Waals surface area contributed by atoms with E-state index in [0.29, 0.717) is 24.7 Å². The van der Waals surface area contributed by atoms with Crippen LogP contribution in [0.25, 0.3) is 5.69 Å². The predicted molar refractivity (Wildman–Crippen MR) is 123 cm³/mol. The molecule has 3 aromatic rings. The second kappa shape index (κ2) is 11.4. The number of aryl methyl sites for hydroxylation is 1. The fourth-order valence-corrected chi connectivity index (χ4v) is 3.61. The Labute approximate surface area is 193 Å². The van der Waals surface area contributed by atoms with Crippen molar-refractivity contribution in [2.45, 2.75) is 45.9 Å². The summed E-state index contributed by atoms with van der Waals surface area (Å²) in [6.45, 7) is 7.06. The van der Waals surface area contributed by atoms with E-state index in [1.165, 1.54) is 6.07 Å². The topological polar surface area (TPSA) is 59.8 Å². The minimum atomic E-state index is -0.797. The highest BCUT2D eigenvalue weighted by Gasteiger charge is 2.25. The Morgan fingerprint density at radius 3 is 2.52 bits per heavy atom. The van der Waals surface area contributed by atoms with Crippen LogP contribution in [-0.2, 0) is 11.3 Å². The van der Waals surface area contributed by atoms with Crippen molar-refractivity contribution in [1.82, 2.24) is 14.7 Å². The van der Waals surface area contributed by atoms with Gasteiger partial charge in [-0.05, 0) is 44.5 Å². The minimum Gasteiger partial charge on any atom is -0.435 e.